The Morgan fingerprint density at radius 3 is 2.47 bits per heavy atom. The van der Waals surface area contributed by atoms with E-state index >= 15 is 0 Å². The molecule has 8 nitrogen and oxygen atoms in total. The molecular formula is C20H20BrN3O5S. The fourth-order valence-electron chi connectivity index (χ4n) is 2.95. The maximum atomic E-state index is 13.1. The Labute approximate surface area is 185 Å². The highest BCUT2D eigenvalue weighted by atomic mass is 79.9. The number of esters is 1. The molecule has 0 bridgehead atoms. The van der Waals surface area contributed by atoms with Gasteiger partial charge < -0.3 is 19.5 Å². The highest BCUT2D eigenvalue weighted by Gasteiger charge is 2.27. The van der Waals surface area contributed by atoms with Gasteiger partial charge in [0, 0.05) is 11.6 Å². The van der Waals surface area contributed by atoms with Gasteiger partial charge in [0.2, 0.25) is 5.88 Å². The van der Waals surface area contributed by atoms with Gasteiger partial charge in [-0.25, -0.2) is 9.78 Å². The van der Waals surface area contributed by atoms with Gasteiger partial charge in [0.05, 0.1) is 24.5 Å². The van der Waals surface area contributed by atoms with Crippen LogP contribution in [0.5, 0.6) is 5.88 Å². The first kappa shape index (κ1) is 22.1. The van der Waals surface area contributed by atoms with E-state index in [-0.39, 0.29) is 6.61 Å². The molecule has 1 aromatic carbocycles. The molecular weight excluding hydrogens is 474 g/mol. The number of nitrogens with one attached hydrogen (secondary N) is 1. The van der Waals surface area contributed by atoms with Crippen LogP contribution in [0.3, 0.4) is 0 Å². The Morgan fingerprint density at radius 2 is 1.87 bits per heavy atom. The maximum Gasteiger partial charge on any atom is 0.333 e. The number of aromatic nitrogens is 2. The van der Waals surface area contributed by atoms with Gasteiger partial charge in [-0.05, 0) is 30.2 Å². The Bertz CT molecular complexity index is 1080. The summed E-state index contributed by atoms with van der Waals surface area (Å²) in [7, 11) is 4.34. The Balaban J connectivity index is 1.99. The zero-order valence-corrected chi connectivity index (χ0v) is 19.2. The lowest BCUT2D eigenvalue weighted by Gasteiger charge is -2.17. The number of hydrogen-bond acceptors (Lipinski definition) is 8. The van der Waals surface area contributed by atoms with Crippen LogP contribution in [0.2, 0.25) is 0 Å². The third kappa shape index (κ3) is 4.45. The molecule has 0 radical (unpaired) electrons. The van der Waals surface area contributed by atoms with Crippen LogP contribution < -0.4 is 10.1 Å². The second-order valence-electron chi connectivity index (χ2n) is 6.30. The second kappa shape index (κ2) is 9.50. The van der Waals surface area contributed by atoms with E-state index in [1.165, 1.54) is 25.6 Å². The Morgan fingerprint density at radius 1 is 1.17 bits per heavy atom. The number of nitrogens with zero attached hydrogens (tertiary/aromatic N) is 2. The zero-order chi connectivity index (χ0) is 21.8. The topological polar surface area (TPSA) is 99.6 Å². The number of benzene rings is 1. The molecule has 158 valence electrons. The number of rotatable bonds is 7. The first-order valence-corrected chi connectivity index (χ1v) is 10.5. The number of halogens is 1. The third-order valence-corrected chi connectivity index (χ3v) is 6.11. The molecule has 0 saturated carbocycles. The summed E-state index contributed by atoms with van der Waals surface area (Å²) in [6.45, 7) is 2.02. The van der Waals surface area contributed by atoms with Gasteiger partial charge in [-0.3, -0.25) is 4.79 Å². The molecule has 3 rings (SSSR count). The quantitative estimate of drug-likeness (QED) is 0.502. The van der Waals surface area contributed by atoms with Gasteiger partial charge in [0.15, 0.2) is 11.9 Å². The lowest BCUT2D eigenvalue weighted by Crippen LogP contribution is -2.34. The first-order chi connectivity index (χ1) is 14.4. The van der Waals surface area contributed by atoms with Gasteiger partial charge >= 0.3 is 5.97 Å². The van der Waals surface area contributed by atoms with E-state index in [4.69, 9.17) is 14.2 Å². The number of fused-ring (bicyclic) bond motifs is 1. The number of carbonyl (C=O) groups is 2. The highest BCUT2D eigenvalue weighted by Crippen LogP contribution is 2.35. The minimum atomic E-state index is -0.947. The summed E-state index contributed by atoms with van der Waals surface area (Å²) < 4.78 is 16.2. The fraction of sp³-hybridized carbons (Fsp3) is 0.300. The number of amides is 1. The molecule has 0 spiro atoms. The molecule has 2 heterocycles. The van der Waals surface area contributed by atoms with Crippen molar-refractivity contribution in [2.75, 3.05) is 21.3 Å². The number of aryl methyl sites for hydroxylation is 1. The van der Waals surface area contributed by atoms with Crippen molar-refractivity contribution < 1.29 is 23.8 Å². The predicted octanol–water partition coefficient (Wildman–Crippen LogP) is 3.56. The van der Waals surface area contributed by atoms with E-state index < -0.39 is 17.9 Å². The van der Waals surface area contributed by atoms with Crippen molar-refractivity contribution >= 4 is 49.4 Å². The van der Waals surface area contributed by atoms with Crippen LogP contribution >= 0.6 is 27.3 Å². The van der Waals surface area contributed by atoms with Crippen molar-refractivity contribution in [2.24, 2.45) is 0 Å². The summed E-state index contributed by atoms with van der Waals surface area (Å²) in [6.07, 6.45) is 0. The van der Waals surface area contributed by atoms with Crippen molar-refractivity contribution in [1.29, 1.82) is 0 Å². The molecule has 0 aliphatic rings. The van der Waals surface area contributed by atoms with Gasteiger partial charge in [-0.1, -0.05) is 28.1 Å². The van der Waals surface area contributed by atoms with Crippen molar-refractivity contribution in [3.8, 4) is 5.88 Å². The molecule has 1 amide bonds. The van der Waals surface area contributed by atoms with Crippen molar-refractivity contribution in [2.45, 2.75) is 19.6 Å². The normalized spacial score (nSPS) is 11.9. The molecule has 30 heavy (non-hydrogen) atoms. The van der Waals surface area contributed by atoms with Gasteiger partial charge in [0.1, 0.15) is 11.4 Å². The van der Waals surface area contributed by atoms with Crippen LogP contribution in [0.4, 0.5) is 0 Å². The van der Waals surface area contributed by atoms with Gasteiger partial charge in [-0.2, -0.15) is 4.98 Å². The summed E-state index contributed by atoms with van der Waals surface area (Å²) >= 11 is 4.56. The van der Waals surface area contributed by atoms with E-state index in [0.717, 1.165) is 4.47 Å². The van der Waals surface area contributed by atoms with Crippen LogP contribution in [0.1, 0.15) is 32.7 Å². The number of methoxy groups -OCH3 is 3. The molecule has 0 aliphatic heterocycles. The molecule has 1 atom stereocenters. The van der Waals surface area contributed by atoms with Crippen LogP contribution in [-0.4, -0.2) is 43.2 Å². The molecule has 0 aliphatic carbocycles. The highest BCUT2D eigenvalue weighted by molar-refractivity contribution is 9.10. The monoisotopic (exact) mass is 493 g/mol. The lowest BCUT2D eigenvalue weighted by molar-refractivity contribution is -0.143. The number of ether oxygens (including phenoxy) is 3. The Kier molecular flexibility index (Phi) is 7.01. The minimum Gasteiger partial charge on any atom is -0.480 e. The molecule has 3 aromatic rings. The van der Waals surface area contributed by atoms with Crippen LogP contribution in [-0.2, 0) is 20.9 Å². The first-order valence-electron chi connectivity index (χ1n) is 8.86. The third-order valence-electron chi connectivity index (χ3n) is 4.39. The zero-order valence-electron chi connectivity index (χ0n) is 16.8. The predicted molar refractivity (Wildman–Crippen MR) is 116 cm³/mol. The van der Waals surface area contributed by atoms with Crippen LogP contribution in [0, 0.1) is 6.92 Å². The van der Waals surface area contributed by atoms with E-state index in [9.17, 15) is 9.59 Å². The van der Waals surface area contributed by atoms with Crippen LogP contribution in [0.25, 0.3) is 10.2 Å². The number of thiophene rings is 1. The average Bonchev–Trinajstić information content (AvgIpc) is 3.08. The largest absolute Gasteiger partial charge is 0.480 e. The maximum absolute atomic E-state index is 13.1. The molecule has 0 saturated heterocycles. The molecule has 0 fully saturated rings. The minimum absolute atomic E-state index is 0.221. The summed E-state index contributed by atoms with van der Waals surface area (Å²) in [6, 6.07) is 6.13. The lowest BCUT2D eigenvalue weighted by atomic mass is 10.1. The van der Waals surface area contributed by atoms with Crippen molar-refractivity contribution in [3.63, 3.8) is 0 Å². The van der Waals surface area contributed by atoms with Gasteiger partial charge in [-0.15, -0.1) is 11.3 Å². The SMILES string of the molecule is COCc1nc(OC)c2c(C)c(C(=O)NC(C(=O)OC)c3ccc(Br)cc3)sc2n1. The van der Waals surface area contributed by atoms with E-state index in [1.54, 1.807) is 38.3 Å². The van der Waals surface area contributed by atoms with E-state index in [1.807, 2.05) is 0 Å². The molecule has 1 N–H and O–H groups in total. The summed E-state index contributed by atoms with van der Waals surface area (Å²) in [5.41, 5.74) is 1.28. The summed E-state index contributed by atoms with van der Waals surface area (Å²) in [5.74, 6) is -0.150. The van der Waals surface area contributed by atoms with E-state index in [0.29, 0.717) is 37.9 Å². The number of carbonyl (C=O) groups excluding carboxylic acids is 2. The fourth-order valence-corrected chi connectivity index (χ4v) is 4.31. The smallest absolute Gasteiger partial charge is 0.333 e. The van der Waals surface area contributed by atoms with E-state index in [2.05, 4.69) is 31.2 Å². The Hall–Kier alpha value is -2.56. The molecule has 10 heteroatoms. The van der Waals surface area contributed by atoms with Gasteiger partial charge in [0.25, 0.3) is 5.91 Å². The summed E-state index contributed by atoms with van der Waals surface area (Å²) in [4.78, 5) is 35.2. The van der Waals surface area contributed by atoms with Crippen LogP contribution in [0.15, 0.2) is 28.7 Å². The number of hydrogen-bond donors (Lipinski definition) is 1. The average molecular weight is 494 g/mol. The van der Waals surface area contributed by atoms with Crippen molar-refractivity contribution in [3.05, 3.63) is 50.6 Å². The molecule has 2 aromatic heterocycles. The van der Waals surface area contributed by atoms with Crippen molar-refractivity contribution in [1.82, 2.24) is 15.3 Å². The summed E-state index contributed by atoms with van der Waals surface area (Å²) in [5, 5.41) is 3.42. The standard InChI is InChI=1S/C20H20BrN3O5S/c1-10-14-18(28-3)22-13(9-27-2)23-19(14)30-16(10)17(25)24-15(20(26)29-4)11-5-7-12(21)8-6-11/h5-8,15H,9H2,1-4H3,(H,24,25). The molecule has 1 unspecified atom stereocenters. The second-order valence-corrected chi connectivity index (χ2v) is 8.21.